The molecular weight excluding hydrogens is 350 g/mol. The van der Waals surface area contributed by atoms with Crippen LogP contribution in [0.15, 0.2) is 25.8 Å². The number of rotatable bonds is 5. The van der Waals surface area contributed by atoms with E-state index in [2.05, 4.69) is 20.5 Å². The second-order valence-corrected chi connectivity index (χ2v) is 7.71. The molecule has 1 aliphatic carbocycles. The Morgan fingerprint density at radius 1 is 1.46 bits per heavy atom. The van der Waals surface area contributed by atoms with Crippen LogP contribution >= 0.6 is 23.1 Å². The van der Waals surface area contributed by atoms with Crippen LogP contribution < -0.4 is 10.9 Å². The molecule has 0 aliphatic heterocycles. The van der Waals surface area contributed by atoms with E-state index in [1.165, 1.54) is 33.7 Å². The fourth-order valence-electron chi connectivity index (χ4n) is 2.15. The SMILES string of the molecule is Cc1cc2nc(CSc3nnc(NC(=O)C4CC4)s3)cc(=O)n2o1. The van der Waals surface area contributed by atoms with Crippen molar-refractivity contribution < 1.29 is 9.32 Å². The van der Waals surface area contributed by atoms with Crippen LogP contribution in [0.3, 0.4) is 0 Å². The number of fused-ring (bicyclic) bond motifs is 1. The molecule has 3 aromatic rings. The molecule has 1 N–H and O–H groups in total. The van der Waals surface area contributed by atoms with E-state index in [4.69, 9.17) is 4.52 Å². The second-order valence-electron chi connectivity index (χ2n) is 5.51. The van der Waals surface area contributed by atoms with Crippen molar-refractivity contribution in [2.24, 2.45) is 5.92 Å². The second kappa shape index (κ2) is 6.02. The molecule has 1 fully saturated rings. The number of carbonyl (C=O) groups excluding carboxylic acids is 1. The standard InChI is InChI=1S/C14H13N5O3S2/c1-7-4-10-15-9(5-11(20)19(10)22-7)6-23-14-18-17-13(24-14)16-12(21)8-2-3-8/h4-5,8H,2-3,6H2,1H3,(H,16,17,21). The van der Waals surface area contributed by atoms with Gasteiger partial charge in [-0.3, -0.25) is 9.59 Å². The Morgan fingerprint density at radius 3 is 3.08 bits per heavy atom. The van der Waals surface area contributed by atoms with Crippen molar-refractivity contribution in [1.82, 2.24) is 19.8 Å². The lowest BCUT2D eigenvalue weighted by Gasteiger charge is -1.98. The van der Waals surface area contributed by atoms with Crippen molar-refractivity contribution in [3.05, 3.63) is 33.9 Å². The zero-order valence-corrected chi connectivity index (χ0v) is 14.3. The molecule has 10 heteroatoms. The van der Waals surface area contributed by atoms with E-state index >= 15 is 0 Å². The topological polar surface area (TPSA) is 102 Å². The summed E-state index contributed by atoms with van der Waals surface area (Å²) in [6, 6.07) is 3.16. The van der Waals surface area contributed by atoms with Gasteiger partial charge in [-0.25, -0.2) is 4.98 Å². The monoisotopic (exact) mass is 363 g/mol. The summed E-state index contributed by atoms with van der Waals surface area (Å²) in [5.41, 5.74) is 0.883. The summed E-state index contributed by atoms with van der Waals surface area (Å²) >= 11 is 2.74. The van der Waals surface area contributed by atoms with Gasteiger partial charge in [0.15, 0.2) is 9.99 Å². The van der Waals surface area contributed by atoms with Crippen molar-refractivity contribution in [3.63, 3.8) is 0 Å². The highest BCUT2D eigenvalue weighted by Crippen LogP contribution is 2.32. The van der Waals surface area contributed by atoms with Gasteiger partial charge in [0, 0.05) is 23.8 Å². The van der Waals surface area contributed by atoms with E-state index < -0.39 is 0 Å². The van der Waals surface area contributed by atoms with Crippen LogP contribution in [0.2, 0.25) is 0 Å². The Morgan fingerprint density at radius 2 is 2.29 bits per heavy atom. The predicted molar refractivity (Wildman–Crippen MR) is 89.3 cm³/mol. The van der Waals surface area contributed by atoms with E-state index in [0.717, 1.165) is 12.8 Å². The fraction of sp³-hybridized carbons (Fsp3) is 0.357. The lowest BCUT2D eigenvalue weighted by Crippen LogP contribution is -2.12. The number of anilines is 1. The van der Waals surface area contributed by atoms with Crippen LogP contribution in [0.1, 0.15) is 24.3 Å². The first-order valence-corrected chi connectivity index (χ1v) is 9.15. The number of nitrogens with zero attached hydrogens (tertiary/aromatic N) is 4. The van der Waals surface area contributed by atoms with E-state index in [9.17, 15) is 9.59 Å². The number of amides is 1. The summed E-state index contributed by atoms with van der Waals surface area (Å²) in [7, 11) is 0. The number of thioether (sulfide) groups is 1. The average Bonchev–Trinajstić information content (AvgIpc) is 3.19. The molecule has 0 spiro atoms. The lowest BCUT2D eigenvalue weighted by molar-refractivity contribution is -0.117. The first-order chi connectivity index (χ1) is 11.6. The molecule has 8 nitrogen and oxygen atoms in total. The van der Waals surface area contributed by atoms with Crippen LogP contribution in [0.25, 0.3) is 5.65 Å². The Labute approximate surface area is 144 Å². The van der Waals surface area contributed by atoms with Gasteiger partial charge in [-0.15, -0.1) is 14.8 Å². The average molecular weight is 363 g/mol. The zero-order valence-electron chi connectivity index (χ0n) is 12.7. The number of hydrogen-bond donors (Lipinski definition) is 1. The van der Waals surface area contributed by atoms with Gasteiger partial charge in [-0.2, -0.15) is 0 Å². The van der Waals surface area contributed by atoms with Crippen LogP contribution in [0.5, 0.6) is 0 Å². The Bertz CT molecular complexity index is 972. The lowest BCUT2D eigenvalue weighted by atomic mass is 10.4. The third-order valence-electron chi connectivity index (χ3n) is 3.45. The number of carbonyl (C=O) groups is 1. The molecule has 0 aromatic carbocycles. The number of hydrogen-bond acceptors (Lipinski definition) is 8. The van der Waals surface area contributed by atoms with Gasteiger partial charge < -0.3 is 9.84 Å². The minimum absolute atomic E-state index is 0.0122. The normalized spacial score (nSPS) is 14.2. The predicted octanol–water partition coefficient (Wildman–Crippen LogP) is 2.09. The molecule has 3 heterocycles. The molecule has 124 valence electrons. The third-order valence-corrected chi connectivity index (χ3v) is 5.46. The summed E-state index contributed by atoms with van der Waals surface area (Å²) in [6.07, 6.45) is 1.90. The Hall–Kier alpha value is -2.20. The molecular formula is C14H13N5O3S2. The summed E-state index contributed by atoms with van der Waals surface area (Å²) in [4.78, 5) is 28.1. The van der Waals surface area contributed by atoms with Gasteiger partial charge in [-0.05, 0) is 19.8 Å². The van der Waals surface area contributed by atoms with Crippen molar-refractivity contribution in [2.45, 2.75) is 29.9 Å². The molecule has 4 rings (SSSR count). The van der Waals surface area contributed by atoms with Crippen LogP contribution in [-0.4, -0.2) is 25.7 Å². The Kier molecular flexibility index (Phi) is 3.85. The van der Waals surface area contributed by atoms with E-state index in [-0.39, 0.29) is 17.4 Å². The molecule has 1 aliphatic rings. The third kappa shape index (κ3) is 3.20. The molecule has 0 unspecified atom stereocenters. The number of aromatic nitrogens is 4. The van der Waals surface area contributed by atoms with E-state index in [1.54, 1.807) is 13.0 Å². The van der Waals surface area contributed by atoms with Crippen LogP contribution in [-0.2, 0) is 10.5 Å². The van der Waals surface area contributed by atoms with Crippen molar-refractivity contribution in [2.75, 3.05) is 5.32 Å². The summed E-state index contributed by atoms with van der Waals surface area (Å²) < 4.78 is 7.14. The maximum absolute atomic E-state index is 12.0. The maximum atomic E-state index is 12.0. The minimum atomic E-state index is -0.252. The number of nitrogens with one attached hydrogen (secondary N) is 1. The number of aryl methyl sites for hydroxylation is 1. The molecule has 0 bridgehead atoms. The highest BCUT2D eigenvalue weighted by Gasteiger charge is 2.30. The largest absolute Gasteiger partial charge is 0.375 e. The van der Waals surface area contributed by atoms with Crippen molar-refractivity contribution in [1.29, 1.82) is 0 Å². The maximum Gasteiger partial charge on any atom is 0.287 e. The van der Waals surface area contributed by atoms with Crippen molar-refractivity contribution in [3.8, 4) is 0 Å². The van der Waals surface area contributed by atoms with Gasteiger partial charge in [0.2, 0.25) is 11.0 Å². The first kappa shape index (κ1) is 15.3. The van der Waals surface area contributed by atoms with Crippen LogP contribution in [0.4, 0.5) is 5.13 Å². The van der Waals surface area contributed by atoms with Gasteiger partial charge in [0.05, 0.1) is 5.69 Å². The van der Waals surface area contributed by atoms with Gasteiger partial charge >= 0.3 is 0 Å². The quantitative estimate of drug-likeness (QED) is 0.547. The highest BCUT2D eigenvalue weighted by atomic mass is 32.2. The van der Waals surface area contributed by atoms with Gasteiger partial charge in [0.1, 0.15) is 5.76 Å². The Balaban J connectivity index is 1.44. The first-order valence-electron chi connectivity index (χ1n) is 7.35. The summed E-state index contributed by atoms with van der Waals surface area (Å²) in [6.45, 7) is 1.77. The van der Waals surface area contributed by atoms with E-state index in [1.807, 2.05) is 0 Å². The molecule has 24 heavy (non-hydrogen) atoms. The summed E-state index contributed by atoms with van der Waals surface area (Å²) in [5, 5.41) is 11.3. The highest BCUT2D eigenvalue weighted by molar-refractivity contribution is 8.00. The minimum Gasteiger partial charge on any atom is -0.375 e. The van der Waals surface area contributed by atoms with Gasteiger partial charge in [-0.1, -0.05) is 23.1 Å². The zero-order chi connectivity index (χ0) is 16.7. The molecule has 1 amide bonds. The van der Waals surface area contributed by atoms with E-state index in [0.29, 0.717) is 32.3 Å². The molecule has 0 saturated heterocycles. The molecule has 1 saturated carbocycles. The van der Waals surface area contributed by atoms with Crippen LogP contribution in [0, 0.1) is 12.8 Å². The molecule has 3 aromatic heterocycles. The smallest absolute Gasteiger partial charge is 0.287 e. The van der Waals surface area contributed by atoms with Crippen molar-refractivity contribution >= 4 is 39.8 Å². The molecule has 0 radical (unpaired) electrons. The summed E-state index contributed by atoms with van der Waals surface area (Å²) in [5.74, 6) is 1.26. The van der Waals surface area contributed by atoms with Gasteiger partial charge in [0.25, 0.3) is 5.56 Å². The molecule has 0 atom stereocenters. The fourth-order valence-corrected chi connectivity index (χ4v) is 3.80.